The van der Waals surface area contributed by atoms with Crippen LogP contribution in [0.15, 0.2) is 18.2 Å². The molecule has 0 spiro atoms. The molecule has 0 bridgehead atoms. The average Bonchev–Trinajstić information content (AvgIpc) is 2.97. The van der Waals surface area contributed by atoms with Crippen molar-refractivity contribution in [3.63, 3.8) is 0 Å². The highest BCUT2D eigenvalue weighted by atomic mass is 16.5. The molecule has 0 saturated carbocycles. The van der Waals surface area contributed by atoms with Crippen molar-refractivity contribution in [3.05, 3.63) is 34.9 Å². The molecule has 2 aliphatic rings. The fourth-order valence-electron chi connectivity index (χ4n) is 3.25. The van der Waals surface area contributed by atoms with E-state index in [0.717, 1.165) is 31.2 Å². The quantitative estimate of drug-likeness (QED) is 0.868. The van der Waals surface area contributed by atoms with Gasteiger partial charge in [0.2, 0.25) is 5.91 Å². The van der Waals surface area contributed by atoms with Crippen molar-refractivity contribution in [1.82, 2.24) is 5.32 Å². The number of hydrogen-bond donors (Lipinski definition) is 1. The topological polar surface area (TPSA) is 64.6 Å². The number of carbonyl (C=O) groups is 2. The van der Waals surface area contributed by atoms with E-state index in [-0.39, 0.29) is 23.8 Å². The highest BCUT2D eigenvalue weighted by Gasteiger charge is 2.28. The number of rotatable bonds is 3. The van der Waals surface area contributed by atoms with E-state index in [1.807, 2.05) is 12.1 Å². The van der Waals surface area contributed by atoms with Crippen LogP contribution in [0.1, 0.15) is 46.8 Å². The average molecular weight is 303 g/mol. The van der Waals surface area contributed by atoms with E-state index in [1.165, 1.54) is 12.7 Å². The van der Waals surface area contributed by atoms with Gasteiger partial charge in [0.25, 0.3) is 0 Å². The second-order valence-electron chi connectivity index (χ2n) is 5.89. The molecule has 1 fully saturated rings. The molecule has 1 aromatic carbocycles. The van der Waals surface area contributed by atoms with Gasteiger partial charge in [-0.15, -0.1) is 0 Å². The summed E-state index contributed by atoms with van der Waals surface area (Å²) >= 11 is 0. The number of hydrogen-bond acceptors (Lipinski definition) is 4. The molecule has 1 aromatic rings. The Morgan fingerprint density at radius 2 is 2.00 bits per heavy atom. The van der Waals surface area contributed by atoms with Gasteiger partial charge in [-0.25, -0.2) is 4.79 Å². The van der Waals surface area contributed by atoms with Gasteiger partial charge in [-0.2, -0.15) is 0 Å². The van der Waals surface area contributed by atoms with Crippen molar-refractivity contribution in [1.29, 1.82) is 0 Å². The Labute approximate surface area is 130 Å². The van der Waals surface area contributed by atoms with E-state index in [1.54, 1.807) is 6.07 Å². The third-order valence-electron chi connectivity index (χ3n) is 4.55. The second-order valence-corrected chi connectivity index (χ2v) is 5.89. The highest BCUT2D eigenvalue weighted by Crippen LogP contribution is 2.32. The Morgan fingerprint density at radius 3 is 2.73 bits per heavy atom. The number of benzene rings is 1. The van der Waals surface area contributed by atoms with E-state index < -0.39 is 0 Å². The van der Waals surface area contributed by atoms with Crippen LogP contribution in [0.4, 0.5) is 0 Å². The number of aryl methyl sites for hydroxylation is 1. The van der Waals surface area contributed by atoms with Gasteiger partial charge in [-0.3, -0.25) is 4.79 Å². The molecule has 5 heteroatoms. The standard InChI is InChI=1S/C17H21NO4/c1-21-17(20)13-3-2-11-4-5-15(14(11)10-13)18-16(19)12-6-8-22-9-7-12/h2-3,10,12,15H,4-9H2,1H3,(H,18,19). The smallest absolute Gasteiger partial charge is 0.337 e. The Bertz CT molecular complexity index is 578. The van der Waals surface area contributed by atoms with Crippen LogP contribution in [0.25, 0.3) is 0 Å². The molecule has 118 valence electrons. The zero-order valence-corrected chi connectivity index (χ0v) is 12.8. The molecule has 1 atom stereocenters. The van der Waals surface area contributed by atoms with E-state index >= 15 is 0 Å². The van der Waals surface area contributed by atoms with Gasteiger partial charge in [0.1, 0.15) is 0 Å². The van der Waals surface area contributed by atoms with Crippen LogP contribution in [-0.2, 0) is 20.7 Å². The summed E-state index contributed by atoms with van der Waals surface area (Å²) in [6, 6.07) is 5.59. The first-order chi connectivity index (χ1) is 10.7. The van der Waals surface area contributed by atoms with Crippen LogP contribution in [0, 0.1) is 5.92 Å². The summed E-state index contributed by atoms with van der Waals surface area (Å²) in [5.74, 6) is -0.199. The number of nitrogens with one attached hydrogen (secondary N) is 1. The van der Waals surface area contributed by atoms with Crippen LogP contribution in [0.2, 0.25) is 0 Å². The molecule has 1 N–H and O–H groups in total. The minimum atomic E-state index is -0.343. The number of methoxy groups -OCH3 is 1. The Morgan fingerprint density at radius 1 is 1.23 bits per heavy atom. The van der Waals surface area contributed by atoms with Gasteiger partial charge < -0.3 is 14.8 Å². The third kappa shape index (κ3) is 2.99. The van der Waals surface area contributed by atoms with Gasteiger partial charge >= 0.3 is 5.97 Å². The number of fused-ring (bicyclic) bond motifs is 1. The molecule has 1 aliphatic heterocycles. The van der Waals surface area contributed by atoms with Gasteiger partial charge in [0.05, 0.1) is 18.7 Å². The summed E-state index contributed by atoms with van der Waals surface area (Å²) in [7, 11) is 1.37. The molecule has 3 rings (SSSR count). The monoisotopic (exact) mass is 303 g/mol. The zero-order chi connectivity index (χ0) is 15.5. The lowest BCUT2D eigenvalue weighted by molar-refractivity contribution is -0.128. The lowest BCUT2D eigenvalue weighted by Gasteiger charge is -2.23. The number of carbonyl (C=O) groups excluding carboxylic acids is 2. The van der Waals surface area contributed by atoms with Crippen molar-refractivity contribution in [2.45, 2.75) is 31.7 Å². The SMILES string of the molecule is COC(=O)c1ccc2c(c1)C(NC(=O)C1CCOCC1)CC2. The number of esters is 1. The van der Waals surface area contributed by atoms with Crippen molar-refractivity contribution in [2.24, 2.45) is 5.92 Å². The van der Waals surface area contributed by atoms with Crippen molar-refractivity contribution < 1.29 is 19.1 Å². The first kappa shape index (κ1) is 15.0. The predicted octanol–water partition coefficient (Wildman–Crippen LogP) is 2.00. The van der Waals surface area contributed by atoms with Crippen molar-refractivity contribution in [2.75, 3.05) is 20.3 Å². The minimum absolute atomic E-state index is 0.00467. The van der Waals surface area contributed by atoms with E-state index in [9.17, 15) is 9.59 Å². The Hall–Kier alpha value is -1.88. The van der Waals surface area contributed by atoms with E-state index in [4.69, 9.17) is 9.47 Å². The van der Waals surface area contributed by atoms with E-state index in [2.05, 4.69) is 5.32 Å². The molecule has 1 saturated heterocycles. The lowest BCUT2D eigenvalue weighted by Crippen LogP contribution is -2.36. The summed E-state index contributed by atoms with van der Waals surface area (Å²) < 4.78 is 10.1. The van der Waals surface area contributed by atoms with Gasteiger partial charge in [-0.05, 0) is 48.9 Å². The van der Waals surface area contributed by atoms with Crippen LogP contribution in [-0.4, -0.2) is 32.2 Å². The summed E-state index contributed by atoms with van der Waals surface area (Å²) in [5, 5.41) is 3.14. The fourth-order valence-corrected chi connectivity index (χ4v) is 3.25. The van der Waals surface area contributed by atoms with Crippen molar-refractivity contribution in [3.8, 4) is 0 Å². The molecule has 0 aromatic heterocycles. The molecule has 0 radical (unpaired) electrons. The molecule has 1 unspecified atom stereocenters. The largest absolute Gasteiger partial charge is 0.465 e. The van der Waals surface area contributed by atoms with Gasteiger partial charge in [0.15, 0.2) is 0 Å². The van der Waals surface area contributed by atoms with Gasteiger partial charge in [-0.1, -0.05) is 6.07 Å². The van der Waals surface area contributed by atoms with Crippen LogP contribution in [0.3, 0.4) is 0 Å². The van der Waals surface area contributed by atoms with Crippen molar-refractivity contribution >= 4 is 11.9 Å². The molecule has 1 heterocycles. The highest BCUT2D eigenvalue weighted by molar-refractivity contribution is 5.89. The fraction of sp³-hybridized carbons (Fsp3) is 0.529. The first-order valence-corrected chi connectivity index (χ1v) is 7.78. The van der Waals surface area contributed by atoms with Crippen LogP contribution >= 0.6 is 0 Å². The molecule has 22 heavy (non-hydrogen) atoms. The third-order valence-corrected chi connectivity index (χ3v) is 4.55. The lowest BCUT2D eigenvalue weighted by atomic mass is 9.98. The number of amides is 1. The van der Waals surface area contributed by atoms with Gasteiger partial charge in [0, 0.05) is 19.1 Å². The normalized spacial score (nSPS) is 21.2. The minimum Gasteiger partial charge on any atom is -0.465 e. The molecule has 1 aliphatic carbocycles. The van der Waals surface area contributed by atoms with Crippen LogP contribution < -0.4 is 5.32 Å². The molecular weight excluding hydrogens is 282 g/mol. The maximum absolute atomic E-state index is 12.4. The molecule has 1 amide bonds. The maximum Gasteiger partial charge on any atom is 0.337 e. The second kappa shape index (κ2) is 6.48. The summed E-state index contributed by atoms with van der Waals surface area (Å²) in [5.41, 5.74) is 2.78. The number of ether oxygens (including phenoxy) is 2. The molecular formula is C17H21NO4. The zero-order valence-electron chi connectivity index (χ0n) is 12.8. The maximum atomic E-state index is 12.4. The first-order valence-electron chi connectivity index (χ1n) is 7.78. The molecule has 5 nitrogen and oxygen atoms in total. The summed E-state index contributed by atoms with van der Waals surface area (Å²) in [6.07, 6.45) is 3.38. The summed E-state index contributed by atoms with van der Waals surface area (Å²) in [6.45, 7) is 1.32. The van der Waals surface area contributed by atoms with Crippen LogP contribution in [0.5, 0.6) is 0 Å². The van der Waals surface area contributed by atoms with E-state index in [0.29, 0.717) is 18.8 Å². The predicted molar refractivity (Wildman–Crippen MR) is 80.5 cm³/mol. The Kier molecular flexibility index (Phi) is 4.43. The summed E-state index contributed by atoms with van der Waals surface area (Å²) in [4.78, 5) is 24.0. The Balaban J connectivity index is 1.72.